The number of amides is 1. The van der Waals surface area contributed by atoms with E-state index in [1.54, 1.807) is 30.3 Å². The summed E-state index contributed by atoms with van der Waals surface area (Å²) >= 11 is 5.91. The van der Waals surface area contributed by atoms with Crippen LogP contribution in [-0.4, -0.2) is 28.4 Å². The number of halogens is 1. The van der Waals surface area contributed by atoms with Crippen LogP contribution in [0.25, 0.3) is 10.9 Å². The Hall–Kier alpha value is -3.19. The molecule has 2 N–H and O–H groups in total. The van der Waals surface area contributed by atoms with Crippen LogP contribution in [0.3, 0.4) is 0 Å². The fraction of sp³-hybridized carbons (Fsp3) is 0.200. The Balaban J connectivity index is 1.58. The van der Waals surface area contributed by atoms with Gasteiger partial charge >= 0.3 is 5.97 Å². The number of rotatable bonds is 5. The first kappa shape index (κ1) is 19.6. The van der Waals surface area contributed by atoms with Gasteiger partial charge in [0.05, 0.1) is 10.9 Å². The second-order valence-electron chi connectivity index (χ2n) is 6.32. The van der Waals surface area contributed by atoms with Crippen molar-refractivity contribution in [3.63, 3.8) is 0 Å². The number of nitrogens with zero attached hydrogens (tertiary/aromatic N) is 1. The molecule has 0 spiro atoms. The number of carbonyl (C=O) groups is 2. The molecule has 0 bridgehead atoms. The molecule has 144 valence electrons. The molecule has 8 heteroatoms. The summed E-state index contributed by atoms with van der Waals surface area (Å²) in [4.78, 5) is 42.8. The number of aromatic amines is 1. The van der Waals surface area contributed by atoms with E-state index in [2.05, 4.69) is 15.3 Å². The maximum atomic E-state index is 12.1. The lowest BCUT2D eigenvalue weighted by Gasteiger charge is -2.08. The van der Waals surface area contributed by atoms with E-state index < -0.39 is 5.97 Å². The van der Waals surface area contributed by atoms with Crippen molar-refractivity contribution in [1.82, 2.24) is 15.3 Å². The van der Waals surface area contributed by atoms with Crippen molar-refractivity contribution < 1.29 is 14.3 Å². The van der Waals surface area contributed by atoms with Gasteiger partial charge < -0.3 is 15.0 Å². The predicted octanol–water partition coefficient (Wildman–Crippen LogP) is 2.67. The van der Waals surface area contributed by atoms with E-state index in [-0.39, 0.29) is 30.4 Å². The number of hydrogen-bond donors (Lipinski definition) is 2. The number of aromatic nitrogens is 2. The minimum absolute atomic E-state index is 0.189. The fourth-order valence-electron chi connectivity index (χ4n) is 2.57. The first-order valence-corrected chi connectivity index (χ1v) is 8.91. The molecule has 0 fully saturated rings. The standard InChI is InChI=1S/C20H18ClN3O4/c1-11-3-4-13(7-12(11)2)19(26)22-9-18(25)28-10-17-23-16-8-14(21)5-6-15(16)20(27)24-17/h3-8H,9-10H2,1-2H3,(H,22,26)(H,23,24,27). The summed E-state index contributed by atoms with van der Waals surface area (Å²) in [6, 6.07) is 10.0. The highest BCUT2D eigenvalue weighted by atomic mass is 35.5. The average molecular weight is 400 g/mol. The Morgan fingerprint density at radius 1 is 1.14 bits per heavy atom. The van der Waals surface area contributed by atoms with Crippen LogP contribution in [0.5, 0.6) is 0 Å². The van der Waals surface area contributed by atoms with E-state index in [9.17, 15) is 14.4 Å². The number of fused-ring (bicyclic) bond motifs is 1. The zero-order valence-corrected chi connectivity index (χ0v) is 16.1. The SMILES string of the molecule is Cc1ccc(C(=O)NCC(=O)OCc2nc3cc(Cl)ccc3c(=O)[nH]2)cc1C. The van der Waals surface area contributed by atoms with Gasteiger partial charge in [0.2, 0.25) is 0 Å². The Kier molecular flexibility index (Phi) is 5.75. The van der Waals surface area contributed by atoms with Crippen LogP contribution in [0, 0.1) is 13.8 Å². The van der Waals surface area contributed by atoms with Crippen LogP contribution in [0.15, 0.2) is 41.2 Å². The lowest BCUT2D eigenvalue weighted by Crippen LogP contribution is -2.30. The first-order chi connectivity index (χ1) is 13.3. The number of nitrogens with one attached hydrogen (secondary N) is 2. The predicted molar refractivity (Wildman–Crippen MR) is 105 cm³/mol. The summed E-state index contributed by atoms with van der Waals surface area (Å²) < 4.78 is 5.07. The summed E-state index contributed by atoms with van der Waals surface area (Å²) in [6.45, 7) is 3.34. The van der Waals surface area contributed by atoms with Crippen molar-refractivity contribution in [1.29, 1.82) is 0 Å². The van der Waals surface area contributed by atoms with E-state index in [0.29, 0.717) is 21.5 Å². The molecule has 0 unspecified atom stereocenters. The quantitative estimate of drug-likeness (QED) is 0.642. The highest BCUT2D eigenvalue weighted by Crippen LogP contribution is 2.14. The largest absolute Gasteiger partial charge is 0.456 e. The van der Waals surface area contributed by atoms with Crippen molar-refractivity contribution in [3.05, 3.63) is 74.3 Å². The van der Waals surface area contributed by atoms with E-state index in [0.717, 1.165) is 11.1 Å². The molecular weight excluding hydrogens is 382 g/mol. The third kappa shape index (κ3) is 4.55. The number of esters is 1. The topological polar surface area (TPSA) is 101 Å². The number of aryl methyl sites for hydroxylation is 2. The molecule has 3 aromatic rings. The molecule has 1 heterocycles. The minimum Gasteiger partial charge on any atom is -0.456 e. The molecule has 1 amide bonds. The number of H-pyrrole nitrogens is 1. The molecule has 0 atom stereocenters. The maximum Gasteiger partial charge on any atom is 0.325 e. The van der Waals surface area contributed by atoms with Gasteiger partial charge in [-0.05, 0) is 55.3 Å². The zero-order valence-electron chi connectivity index (χ0n) is 15.3. The Bertz CT molecular complexity index is 1120. The van der Waals surface area contributed by atoms with E-state index >= 15 is 0 Å². The molecule has 0 radical (unpaired) electrons. The molecule has 7 nitrogen and oxygen atoms in total. The van der Waals surface area contributed by atoms with Gasteiger partial charge in [0, 0.05) is 10.6 Å². The molecule has 1 aromatic heterocycles. The van der Waals surface area contributed by atoms with Crippen LogP contribution in [0.1, 0.15) is 27.3 Å². The minimum atomic E-state index is -0.647. The molecule has 28 heavy (non-hydrogen) atoms. The third-order valence-electron chi connectivity index (χ3n) is 4.25. The third-order valence-corrected chi connectivity index (χ3v) is 4.48. The molecule has 0 aliphatic carbocycles. The number of hydrogen-bond acceptors (Lipinski definition) is 5. The molecule has 0 aliphatic rings. The monoisotopic (exact) mass is 399 g/mol. The highest BCUT2D eigenvalue weighted by Gasteiger charge is 2.11. The van der Waals surface area contributed by atoms with Crippen molar-refractivity contribution in [2.45, 2.75) is 20.5 Å². The average Bonchev–Trinajstić information content (AvgIpc) is 2.66. The van der Waals surface area contributed by atoms with Crippen molar-refractivity contribution in [2.75, 3.05) is 6.54 Å². The van der Waals surface area contributed by atoms with Gasteiger partial charge in [0.1, 0.15) is 19.0 Å². The van der Waals surface area contributed by atoms with Crippen LogP contribution < -0.4 is 10.9 Å². The van der Waals surface area contributed by atoms with Gasteiger partial charge in [-0.1, -0.05) is 17.7 Å². The van der Waals surface area contributed by atoms with E-state index in [1.807, 2.05) is 19.9 Å². The molecule has 3 rings (SSSR count). The Morgan fingerprint density at radius 2 is 1.93 bits per heavy atom. The van der Waals surface area contributed by atoms with Crippen molar-refractivity contribution >= 4 is 34.4 Å². The van der Waals surface area contributed by atoms with Crippen LogP contribution in [0.2, 0.25) is 5.02 Å². The molecule has 2 aromatic carbocycles. The van der Waals surface area contributed by atoms with Crippen LogP contribution >= 0.6 is 11.6 Å². The highest BCUT2D eigenvalue weighted by molar-refractivity contribution is 6.31. The van der Waals surface area contributed by atoms with Crippen molar-refractivity contribution in [2.24, 2.45) is 0 Å². The maximum absolute atomic E-state index is 12.1. The molecule has 0 aliphatic heterocycles. The van der Waals surface area contributed by atoms with Crippen molar-refractivity contribution in [3.8, 4) is 0 Å². The van der Waals surface area contributed by atoms with Crippen LogP contribution in [-0.2, 0) is 16.1 Å². The van der Waals surface area contributed by atoms with Gasteiger partial charge in [0.15, 0.2) is 0 Å². The normalized spacial score (nSPS) is 10.7. The van der Waals surface area contributed by atoms with Gasteiger partial charge in [0.25, 0.3) is 11.5 Å². The van der Waals surface area contributed by atoms with Gasteiger partial charge in [-0.25, -0.2) is 4.98 Å². The summed E-state index contributed by atoms with van der Waals surface area (Å²) in [5.41, 5.74) is 2.59. The first-order valence-electron chi connectivity index (χ1n) is 8.53. The summed E-state index contributed by atoms with van der Waals surface area (Å²) in [6.07, 6.45) is 0. The van der Waals surface area contributed by atoms with E-state index in [1.165, 1.54) is 0 Å². The lowest BCUT2D eigenvalue weighted by molar-refractivity contribution is -0.143. The summed E-state index contributed by atoms with van der Waals surface area (Å²) in [5, 5.41) is 3.34. The lowest BCUT2D eigenvalue weighted by atomic mass is 10.1. The van der Waals surface area contributed by atoms with Gasteiger partial charge in [-0.15, -0.1) is 0 Å². The summed E-state index contributed by atoms with van der Waals surface area (Å²) in [7, 11) is 0. The number of benzene rings is 2. The Morgan fingerprint density at radius 3 is 2.68 bits per heavy atom. The fourth-order valence-corrected chi connectivity index (χ4v) is 2.73. The van der Waals surface area contributed by atoms with Crippen LogP contribution in [0.4, 0.5) is 0 Å². The smallest absolute Gasteiger partial charge is 0.325 e. The number of ether oxygens (including phenoxy) is 1. The second kappa shape index (κ2) is 8.22. The van der Waals surface area contributed by atoms with E-state index in [4.69, 9.17) is 16.3 Å². The molecular formula is C20H18ClN3O4. The van der Waals surface area contributed by atoms with Gasteiger partial charge in [-0.2, -0.15) is 0 Å². The zero-order chi connectivity index (χ0) is 20.3. The number of carbonyl (C=O) groups excluding carboxylic acids is 2. The molecule has 0 saturated carbocycles. The Labute approximate surface area is 165 Å². The second-order valence-corrected chi connectivity index (χ2v) is 6.75. The van der Waals surface area contributed by atoms with Gasteiger partial charge in [-0.3, -0.25) is 14.4 Å². The summed E-state index contributed by atoms with van der Waals surface area (Å²) in [5.74, 6) is -0.827. The molecule has 0 saturated heterocycles.